The van der Waals surface area contributed by atoms with Crippen LogP contribution in [0.5, 0.6) is 11.5 Å². The van der Waals surface area contributed by atoms with E-state index in [1.165, 1.54) is 4.31 Å². The molecule has 2 aromatic rings. The minimum Gasteiger partial charge on any atom is -0.497 e. The molecule has 2 aromatic carbocycles. The van der Waals surface area contributed by atoms with Crippen LogP contribution < -0.4 is 19.1 Å². The van der Waals surface area contributed by atoms with Crippen LogP contribution in [0.1, 0.15) is 24.0 Å². The van der Waals surface area contributed by atoms with Crippen LogP contribution in [-0.4, -0.2) is 47.4 Å². The molecule has 0 aliphatic heterocycles. The highest BCUT2D eigenvalue weighted by Gasteiger charge is 2.17. The molecule has 30 heavy (non-hydrogen) atoms. The average Bonchev–Trinajstić information content (AvgIpc) is 2.67. The predicted molar refractivity (Wildman–Crippen MR) is 119 cm³/mol. The highest BCUT2D eigenvalue weighted by Crippen LogP contribution is 2.22. The lowest BCUT2D eigenvalue weighted by atomic mass is 10.1. The van der Waals surface area contributed by atoms with Gasteiger partial charge in [-0.25, -0.2) is 8.42 Å². The standard InChI is InChI=1S/C22H30N2O5S/c1-17-14-18(2)16-21(15-17)29-13-11-23-22(25)6-5-12-24(30(4,26)27)19-7-9-20(28-3)10-8-19/h7-10,14-16H,5-6,11-13H2,1-4H3,(H,23,25). The first-order chi connectivity index (χ1) is 14.2. The fourth-order valence-corrected chi connectivity index (χ4v) is 4.05. The van der Waals surface area contributed by atoms with Gasteiger partial charge in [0.2, 0.25) is 15.9 Å². The highest BCUT2D eigenvalue weighted by atomic mass is 32.2. The number of aryl methyl sites for hydroxylation is 2. The van der Waals surface area contributed by atoms with Gasteiger partial charge in [-0.1, -0.05) is 6.07 Å². The molecular weight excluding hydrogens is 404 g/mol. The first-order valence-electron chi connectivity index (χ1n) is 9.78. The van der Waals surface area contributed by atoms with Gasteiger partial charge in [0.25, 0.3) is 0 Å². The van der Waals surface area contributed by atoms with Crippen LogP contribution in [0, 0.1) is 13.8 Å². The average molecular weight is 435 g/mol. The van der Waals surface area contributed by atoms with Gasteiger partial charge < -0.3 is 14.8 Å². The molecule has 1 N–H and O–H groups in total. The smallest absolute Gasteiger partial charge is 0.232 e. The maximum absolute atomic E-state index is 12.1. The summed E-state index contributed by atoms with van der Waals surface area (Å²) in [4.78, 5) is 12.1. The number of methoxy groups -OCH3 is 1. The van der Waals surface area contributed by atoms with E-state index in [0.29, 0.717) is 31.0 Å². The quantitative estimate of drug-likeness (QED) is 0.550. The summed E-state index contributed by atoms with van der Waals surface area (Å²) in [6.07, 6.45) is 1.79. The molecule has 0 aliphatic rings. The second kappa shape index (κ2) is 10.9. The van der Waals surface area contributed by atoms with E-state index in [1.807, 2.05) is 26.0 Å². The number of anilines is 1. The lowest BCUT2D eigenvalue weighted by molar-refractivity contribution is -0.121. The summed E-state index contributed by atoms with van der Waals surface area (Å²) in [5.41, 5.74) is 2.79. The predicted octanol–water partition coefficient (Wildman–Crippen LogP) is 3.05. The molecule has 1 amide bonds. The number of nitrogens with one attached hydrogen (secondary N) is 1. The van der Waals surface area contributed by atoms with Crippen LogP contribution in [0.15, 0.2) is 42.5 Å². The van der Waals surface area contributed by atoms with Gasteiger partial charge in [-0.3, -0.25) is 9.10 Å². The van der Waals surface area contributed by atoms with Crippen LogP contribution in [-0.2, 0) is 14.8 Å². The van der Waals surface area contributed by atoms with Gasteiger partial charge >= 0.3 is 0 Å². The van der Waals surface area contributed by atoms with Crippen LogP contribution in [0.25, 0.3) is 0 Å². The number of carbonyl (C=O) groups is 1. The minimum atomic E-state index is -3.45. The molecule has 0 unspecified atom stereocenters. The third kappa shape index (κ3) is 7.59. The molecule has 0 radical (unpaired) electrons. The summed E-state index contributed by atoms with van der Waals surface area (Å²) in [6, 6.07) is 12.8. The van der Waals surface area contributed by atoms with Gasteiger partial charge in [-0.2, -0.15) is 0 Å². The molecule has 0 saturated heterocycles. The largest absolute Gasteiger partial charge is 0.497 e. The molecule has 0 saturated carbocycles. The Bertz CT molecular complexity index is 922. The Morgan fingerprint density at radius 3 is 2.23 bits per heavy atom. The van der Waals surface area contributed by atoms with Crippen molar-refractivity contribution in [3.63, 3.8) is 0 Å². The maximum Gasteiger partial charge on any atom is 0.232 e. The minimum absolute atomic E-state index is 0.137. The summed E-state index contributed by atoms with van der Waals surface area (Å²) in [6.45, 7) is 4.99. The number of ether oxygens (including phenoxy) is 2. The summed E-state index contributed by atoms with van der Waals surface area (Å²) < 4.78 is 36.3. The van der Waals surface area contributed by atoms with Crippen LogP contribution in [0.2, 0.25) is 0 Å². The lowest BCUT2D eigenvalue weighted by Gasteiger charge is -2.22. The molecule has 0 spiro atoms. The summed E-state index contributed by atoms with van der Waals surface area (Å²) in [5, 5.41) is 2.80. The second-order valence-electron chi connectivity index (χ2n) is 7.16. The second-order valence-corrected chi connectivity index (χ2v) is 9.07. The number of hydrogen-bond acceptors (Lipinski definition) is 5. The van der Waals surface area contributed by atoms with E-state index in [9.17, 15) is 13.2 Å². The Morgan fingerprint density at radius 2 is 1.67 bits per heavy atom. The van der Waals surface area contributed by atoms with Crippen molar-refractivity contribution in [1.29, 1.82) is 0 Å². The molecule has 8 heteroatoms. The van der Waals surface area contributed by atoms with Crippen molar-refractivity contribution < 1.29 is 22.7 Å². The van der Waals surface area contributed by atoms with E-state index in [-0.39, 0.29) is 18.9 Å². The van der Waals surface area contributed by atoms with E-state index in [1.54, 1.807) is 31.4 Å². The zero-order valence-electron chi connectivity index (χ0n) is 18.0. The van der Waals surface area contributed by atoms with E-state index in [0.717, 1.165) is 23.1 Å². The number of sulfonamides is 1. The van der Waals surface area contributed by atoms with Gasteiger partial charge in [0.05, 0.1) is 25.6 Å². The number of rotatable bonds is 11. The van der Waals surface area contributed by atoms with E-state index >= 15 is 0 Å². The Morgan fingerprint density at radius 1 is 1.03 bits per heavy atom. The van der Waals surface area contributed by atoms with Crippen molar-refractivity contribution in [2.75, 3.05) is 37.4 Å². The molecule has 0 fully saturated rings. The lowest BCUT2D eigenvalue weighted by Crippen LogP contribution is -2.32. The van der Waals surface area contributed by atoms with Gasteiger partial charge in [0.1, 0.15) is 18.1 Å². The molecular formula is C22H30N2O5S. The Labute approximate surface area is 179 Å². The Balaban J connectivity index is 1.76. The number of nitrogens with zero attached hydrogens (tertiary/aromatic N) is 1. The Hall–Kier alpha value is -2.74. The number of carbonyl (C=O) groups excluding carboxylic acids is 1. The molecule has 0 atom stereocenters. The topological polar surface area (TPSA) is 84.9 Å². The third-order valence-corrected chi connectivity index (χ3v) is 5.61. The zero-order chi connectivity index (χ0) is 22.1. The summed E-state index contributed by atoms with van der Waals surface area (Å²) in [5.74, 6) is 1.29. The highest BCUT2D eigenvalue weighted by molar-refractivity contribution is 7.92. The first kappa shape index (κ1) is 23.5. The molecule has 0 heterocycles. The molecule has 0 aliphatic carbocycles. The maximum atomic E-state index is 12.1. The van der Waals surface area contributed by atoms with Gasteiger partial charge in [-0.15, -0.1) is 0 Å². The third-order valence-electron chi connectivity index (χ3n) is 4.41. The van der Waals surface area contributed by atoms with Crippen LogP contribution >= 0.6 is 0 Å². The number of hydrogen-bond donors (Lipinski definition) is 1. The van der Waals surface area contributed by atoms with E-state index in [4.69, 9.17) is 9.47 Å². The molecule has 0 bridgehead atoms. The normalized spacial score (nSPS) is 11.1. The summed E-state index contributed by atoms with van der Waals surface area (Å²) >= 11 is 0. The van der Waals surface area contributed by atoms with Crippen molar-refractivity contribution in [1.82, 2.24) is 5.32 Å². The van der Waals surface area contributed by atoms with Crippen molar-refractivity contribution >= 4 is 21.6 Å². The fourth-order valence-electron chi connectivity index (χ4n) is 3.08. The van der Waals surface area contributed by atoms with Crippen molar-refractivity contribution in [2.45, 2.75) is 26.7 Å². The van der Waals surface area contributed by atoms with E-state index < -0.39 is 10.0 Å². The summed E-state index contributed by atoms with van der Waals surface area (Å²) in [7, 11) is -1.90. The van der Waals surface area contributed by atoms with Crippen LogP contribution in [0.4, 0.5) is 5.69 Å². The first-order valence-corrected chi connectivity index (χ1v) is 11.6. The molecule has 164 valence electrons. The SMILES string of the molecule is COc1ccc(N(CCCC(=O)NCCOc2cc(C)cc(C)c2)S(C)(=O)=O)cc1. The Kier molecular flexibility index (Phi) is 8.53. The van der Waals surface area contributed by atoms with Crippen molar-refractivity contribution in [3.8, 4) is 11.5 Å². The number of amides is 1. The van der Waals surface area contributed by atoms with Gasteiger partial charge in [0.15, 0.2) is 0 Å². The van der Waals surface area contributed by atoms with Gasteiger partial charge in [-0.05, 0) is 67.8 Å². The number of benzene rings is 2. The monoisotopic (exact) mass is 434 g/mol. The zero-order valence-corrected chi connectivity index (χ0v) is 18.8. The van der Waals surface area contributed by atoms with Gasteiger partial charge in [0, 0.05) is 13.0 Å². The van der Waals surface area contributed by atoms with Crippen LogP contribution in [0.3, 0.4) is 0 Å². The van der Waals surface area contributed by atoms with Crippen molar-refractivity contribution in [3.05, 3.63) is 53.6 Å². The van der Waals surface area contributed by atoms with E-state index in [2.05, 4.69) is 11.4 Å². The molecule has 7 nitrogen and oxygen atoms in total. The van der Waals surface area contributed by atoms with Crippen molar-refractivity contribution in [2.24, 2.45) is 0 Å². The molecule has 0 aromatic heterocycles. The molecule has 2 rings (SSSR count). The fraction of sp³-hybridized carbons (Fsp3) is 0.409.